The minimum absolute atomic E-state index is 0.168. The summed E-state index contributed by atoms with van der Waals surface area (Å²) in [7, 11) is 0. The van der Waals surface area contributed by atoms with Crippen molar-refractivity contribution in [3.05, 3.63) is 36.2 Å². The Labute approximate surface area is 113 Å². The van der Waals surface area contributed by atoms with E-state index in [0.29, 0.717) is 23.9 Å². The Balaban J connectivity index is 1.66. The van der Waals surface area contributed by atoms with Crippen LogP contribution in [0.15, 0.2) is 39.3 Å². The fourth-order valence-corrected chi connectivity index (χ4v) is 2.32. The average Bonchev–Trinajstić information content (AvgIpc) is 2.93. The number of aromatic nitrogens is 2. The van der Waals surface area contributed by atoms with Gasteiger partial charge in [0.05, 0.1) is 11.8 Å². The molecule has 0 amide bonds. The maximum atomic E-state index is 10.8. The summed E-state index contributed by atoms with van der Waals surface area (Å²) in [5, 5.41) is 13.7. The second-order valence-electron chi connectivity index (χ2n) is 4.89. The first kappa shape index (κ1) is 11.2. The number of carboxylic acid groups (broad SMARTS) is 1. The topological polar surface area (TPSA) is 89.4 Å². The van der Waals surface area contributed by atoms with Gasteiger partial charge in [0.15, 0.2) is 5.76 Å². The Morgan fingerprint density at radius 1 is 1.35 bits per heavy atom. The fraction of sp³-hybridized carbons (Fsp3) is 0.214. The molecule has 1 aliphatic carbocycles. The van der Waals surface area contributed by atoms with Crippen molar-refractivity contribution in [3.8, 4) is 11.6 Å². The van der Waals surface area contributed by atoms with Crippen LogP contribution in [0, 0.1) is 5.92 Å². The lowest BCUT2D eigenvalue weighted by Gasteiger charge is -1.86. The van der Waals surface area contributed by atoms with E-state index in [2.05, 4.69) is 10.1 Å². The first-order valence-electron chi connectivity index (χ1n) is 6.28. The summed E-state index contributed by atoms with van der Waals surface area (Å²) in [5.41, 5.74) is 0.753. The highest BCUT2D eigenvalue weighted by Crippen LogP contribution is 2.47. The van der Waals surface area contributed by atoms with Crippen molar-refractivity contribution < 1.29 is 18.8 Å². The number of carboxylic acids is 1. The van der Waals surface area contributed by atoms with Crippen LogP contribution in [0.25, 0.3) is 22.6 Å². The molecule has 6 nitrogen and oxygen atoms in total. The van der Waals surface area contributed by atoms with Gasteiger partial charge in [0, 0.05) is 5.39 Å². The van der Waals surface area contributed by atoms with Crippen molar-refractivity contribution in [2.45, 2.75) is 12.3 Å². The molecule has 1 saturated carbocycles. The molecule has 0 aliphatic heterocycles. The monoisotopic (exact) mass is 270 g/mol. The first-order chi connectivity index (χ1) is 9.72. The maximum absolute atomic E-state index is 10.8. The molecule has 0 spiro atoms. The van der Waals surface area contributed by atoms with Crippen LogP contribution in [0.2, 0.25) is 0 Å². The van der Waals surface area contributed by atoms with Gasteiger partial charge in [-0.1, -0.05) is 23.4 Å². The van der Waals surface area contributed by atoms with Crippen molar-refractivity contribution in [2.75, 3.05) is 0 Å². The molecule has 1 fully saturated rings. The number of hydrogen-bond donors (Lipinski definition) is 1. The van der Waals surface area contributed by atoms with Crippen LogP contribution in [0.4, 0.5) is 0 Å². The Hall–Kier alpha value is -2.63. The Kier molecular flexibility index (Phi) is 2.20. The lowest BCUT2D eigenvalue weighted by molar-refractivity contribution is -0.138. The SMILES string of the molecule is O=C(O)C1CC1c1nc(-c2cc3ccccc3o2)no1. The van der Waals surface area contributed by atoms with E-state index >= 15 is 0 Å². The normalized spacial score (nSPS) is 21.2. The summed E-state index contributed by atoms with van der Waals surface area (Å²) in [6, 6.07) is 9.45. The van der Waals surface area contributed by atoms with E-state index in [0.717, 1.165) is 11.0 Å². The predicted octanol–water partition coefficient (Wildman–Crippen LogP) is 2.67. The van der Waals surface area contributed by atoms with Gasteiger partial charge in [0.2, 0.25) is 11.7 Å². The van der Waals surface area contributed by atoms with Crippen LogP contribution in [0.1, 0.15) is 18.2 Å². The molecule has 1 aliphatic rings. The van der Waals surface area contributed by atoms with Crippen molar-refractivity contribution in [3.63, 3.8) is 0 Å². The lowest BCUT2D eigenvalue weighted by Crippen LogP contribution is -1.98. The number of para-hydroxylation sites is 1. The van der Waals surface area contributed by atoms with Crippen molar-refractivity contribution >= 4 is 16.9 Å². The number of carbonyl (C=O) groups is 1. The van der Waals surface area contributed by atoms with E-state index < -0.39 is 11.9 Å². The lowest BCUT2D eigenvalue weighted by atomic mass is 10.2. The quantitative estimate of drug-likeness (QED) is 0.787. The van der Waals surface area contributed by atoms with Gasteiger partial charge < -0.3 is 14.0 Å². The van der Waals surface area contributed by atoms with Gasteiger partial charge >= 0.3 is 5.97 Å². The number of fused-ring (bicyclic) bond motifs is 1. The van der Waals surface area contributed by atoms with Crippen molar-refractivity contribution in [1.29, 1.82) is 0 Å². The molecular formula is C14H10N2O4. The van der Waals surface area contributed by atoms with Crippen LogP contribution in [-0.2, 0) is 4.79 Å². The largest absolute Gasteiger partial charge is 0.481 e. The summed E-state index contributed by atoms with van der Waals surface area (Å²) >= 11 is 0. The average molecular weight is 270 g/mol. The number of aliphatic carboxylic acids is 1. The molecule has 1 N–H and O–H groups in total. The molecule has 0 radical (unpaired) electrons. The molecule has 6 heteroatoms. The molecular weight excluding hydrogens is 260 g/mol. The Morgan fingerprint density at radius 3 is 2.95 bits per heavy atom. The zero-order chi connectivity index (χ0) is 13.7. The third-order valence-corrected chi connectivity index (χ3v) is 3.51. The van der Waals surface area contributed by atoms with Crippen LogP contribution < -0.4 is 0 Å². The van der Waals surface area contributed by atoms with Gasteiger partial charge in [0.25, 0.3) is 0 Å². The molecule has 20 heavy (non-hydrogen) atoms. The van der Waals surface area contributed by atoms with Gasteiger partial charge in [-0.2, -0.15) is 4.98 Å². The van der Waals surface area contributed by atoms with E-state index in [1.807, 2.05) is 30.3 Å². The molecule has 100 valence electrons. The van der Waals surface area contributed by atoms with Gasteiger partial charge in [-0.25, -0.2) is 0 Å². The highest BCUT2D eigenvalue weighted by molar-refractivity contribution is 5.81. The second-order valence-corrected chi connectivity index (χ2v) is 4.89. The van der Waals surface area contributed by atoms with Crippen LogP contribution >= 0.6 is 0 Å². The molecule has 2 unspecified atom stereocenters. The van der Waals surface area contributed by atoms with E-state index in [4.69, 9.17) is 14.0 Å². The fourth-order valence-electron chi connectivity index (χ4n) is 2.32. The highest BCUT2D eigenvalue weighted by Gasteiger charge is 2.48. The second kappa shape index (κ2) is 3.93. The Morgan fingerprint density at radius 2 is 2.20 bits per heavy atom. The van der Waals surface area contributed by atoms with E-state index in [-0.39, 0.29) is 5.92 Å². The number of rotatable bonds is 3. The smallest absolute Gasteiger partial charge is 0.307 e. The van der Waals surface area contributed by atoms with Crippen molar-refractivity contribution in [1.82, 2.24) is 10.1 Å². The standard InChI is InChI=1S/C14H10N2O4/c17-14(18)9-6-8(9)13-15-12(16-20-13)11-5-7-3-1-2-4-10(7)19-11/h1-5,8-9H,6H2,(H,17,18). The summed E-state index contributed by atoms with van der Waals surface area (Å²) in [6.45, 7) is 0. The maximum Gasteiger partial charge on any atom is 0.307 e. The van der Waals surface area contributed by atoms with Crippen LogP contribution in [0.5, 0.6) is 0 Å². The summed E-state index contributed by atoms with van der Waals surface area (Å²) in [6.07, 6.45) is 0.553. The van der Waals surface area contributed by atoms with E-state index in [1.165, 1.54) is 0 Å². The highest BCUT2D eigenvalue weighted by atomic mass is 16.5. The molecule has 4 rings (SSSR count). The molecule has 0 bridgehead atoms. The summed E-state index contributed by atoms with van der Waals surface area (Å²) in [4.78, 5) is 15.1. The minimum Gasteiger partial charge on any atom is -0.481 e. The molecule has 2 aromatic heterocycles. The zero-order valence-electron chi connectivity index (χ0n) is 10.3. The van der Waals surface area contributed by atoms with Crippen LogP contribution in [-0.4, -0.2) is 21.2 Å². The third kappa shape index (κ3) is 1.69. The zero-order valence-corrected chi connectivity index (χ0v) is 10.3. The number of furan rings is 1. The number of hydrogen-bond acceptors (Lipinski definition) is 5. The van der Waals surface area contributed by atoms with E-state index in [9.17, 15) is 4.79 Å². The number of nitrogens with zero attached hydrogens (tertiary/aromatic N) is 2. The molecule has 2 heterocycles. The first-order valence-corrected chi connectivity index (χ1v) is 6.28. The minimum atomic E-state index is -0.821. The Bertz CT molecular complexity index is 771. The van der Waals surface area contributed by atoms with Gasteiger partial charge in [-0.05, 0) is 18.6 Å². The van der Waals surface area contributed by atoms with Gasteiger partial charge in [-0.3, -0.25) is 4.79 Å². The predicted molar refractivity (Wildman–Crippen MR) is 68.0 cm³/mol. The van der Waals surface area contributed by atoms with Gasteiger partial charge in [0.1, 0.15) is 5.58 Å². The van der Waals surface area contributed by atoms with Crippen molar-refractivity contribution in [2.24, 2.45) is 5.92 Å². The molecule has 0 saturated heterocycles. The van der Waals surface area contributed by atoms with Crippen LogP contribution in [0.3, 0.4) is 0 Å². The summed E-state index contributed by atoms with van der Waals surface area (Å²) < 4.78 is 10.8. The number of benzene rings is 1. The van der Waals surface area contributed by atoms with Gasteiger partial charge in [-0.15, -0.1) is 0 Å². The third-order valence-electron chi connectivity index (χ3n) is 3.51. The van der Waals surface area contributed by atoms with E-state index in [1.54, 1.807) is 0 Å². The molecule has 1 aromatic carbocycles. The molecule has 3 aromatic rings. The molecule has 2 atom stereocenters. The summed E-state index contributed by atoms with van der Waals surface area (Å²) in [5.74, 6) is -0.149.